The number of sulfone groups is 1. The highest BCUT2D eigenvalue weighted by molar-refractivity contribution is 7.91. The predicted octanol–water partition coefficient (Wildman–Crippen LogP) is 2.25. The van der Waals surface area contributed by atoms with E-state index < -0.39 is 9.84 Å². The lowest BCUT2D eigenvalue weighted by molar-refractivity contribution is -0.115. The Balaban J connectivity index is 1.65. The number of aryl methyl sites for hydroxylation is 1. The molecule has 1 N–H and O–H groups in total. The molecule has 1 amide bonds. The highest BCUT2D eigenvalue weighted by atomic mass is 32.2. The Bertz CT molecular complexity index is 899. The van der Waals surface area contributed by atoms with Crippen molar-refractivity contribution in [3.63, 3.8) is 0 Å². The molecule has 1 aromatic carbocycles. The first kappa shape index (κ1) is 16.8. The van der Waals surface area contributed by atoms with E-state index >= 15 is 0 Å². The minimum Gasteiger partial charge on any atom is -0.302 e. The maximum atomic E-state index is 12.1. The number of aromatic nitrogens is 1. The summed E-state index contributed by atoms with van der Waals surface area (Å²) in [6, 6.07) is 6.29. The summed E-state index contributed by atoms with van der Waals surface area (Å²) < 4.78 is 23.5. The maximum absolute atomic E-state index is 12.1. The number of ketones is 1. The Labute approximate surface area is 143 Å². The highest BCUT2D eigenvalue weighted by Crippen LogP contribution is 2.30. The molecule has 24 heavy (non-hydrogen) atoms. The van der Waals surface area contributed by atoms with Gasteiger partial charge in [-0.15, -0.1) is 0 Å². The lowest BCUT2D eigenvalue weighted by Gasteiger charge is -2.04. The van der Waals surface area contributed by atoms with E-state index in [1.165, 1.54) is 23.5 Å². The van der Waals surface area contributed by atoms with Gasteiger partial charge in [0, 0.05) is 6.42 Å². The third-order valence-electron chi connectivity index (χ3n) is 3.81. The van der Waals surface area contributed by atoms with Crippen molar-refractivity contribution in [2.24, 2.45) is 0 Å². The second kappa shape index (κ2) is 6.45. The van der Waals surface area contributed by atoms with Crippen molar-refractivity contribution in [3.8, 4) is 0 Å². The summed E-state index contributed by atoms with van der Waals surface area (Å²) in [6.07, 6.45) is 1.24. The number of amides is 1. The van der Waals surface area contributed by atoms with E-state index in [2.05, 4.69) is 10.3 Å². The van der Waals surface area contributed by atoms with Crippen LogP contribution in [0.15, 0.2) is 29.2 Å². The van der Waals surface area contributed by atoms with Gasteiger partial charge >= 0.3 is 0 Å². The van der Waals surface area contributed by atoms with E-state index in [1.807, 2.05) is 0 Å². The molecule has 0 spiro atoms. The molecular weight excluding hydrogens is 348 g/mol. The molecule has 0 fully saturated rings. The number of fused-ring (bicyclic) bond motifs is 1. The molecular formula is C16H16N2O4S2. The maximum Gasteiger partial charge on any atom is 0.230 e. The van der Waals surface area contributed by atoms with Gasteiger partial charge in [0.05, 0.1) is 27.6 Å². The summed E-state index contributed by atoms with van der Waals surface area (Å²) >= 11 is 1.21. The van der Waals surface area contributed by atoms with E-state index in [4.69, 9.17) is 0 Å². The van der Waals surface area contributed by atoms with Gasteiger partial charge in [-0.1, -0.05) is 30.4 Å². The largest absolute Gasteiger partial charge is 0.302 e. The molecule has 6 nitrogen and oxygen atoms in total. The summed E-state index contributed by atoms with van der Waals surface area (Å²) in [5.74, 6) is -0.128. The van der Waals surface area contributed by atoms with Gasteiger partial charge in [-0.2, -0.15) is 0 Å². The van der Waals surface area contributed by atoms with Crippen LogP contribution in [0.2, 0.25) is 0 Å². The summed E-state index contributed by atoms with van der Waals surface area (Å²) in [5, 5.41) is 3.13. The molecule has 1 aliphatic rings. The van der Waals surface area contributed by atoms with Crippen LogP contribution >= 0.6 is 11.3 Å². The molecule has 126 valence electrons. The van der Waals surface area contributed by atoms with E-state index in [0.717, 1.165) is 5.69 Å². The van der Waals surface area contributed by atoms with Crippen LogP contribution < -0.4 is 5.32 Å². The second-order valence-corrected chi connectivity index (χ2v) is 8.77. The first-order valence-electron chi connectivity index (χ1n) is 7.53. The van der Waals surface area contributed by atoms with Crippen LogP contribution in [0.1, 0.15) is 34.3 Å². The summed E-state index contributed by atoms with van der Waals surface area (Å²) in [5.41, 5.74) is 1.47. The van der Waals surface area contributed by atoms with Gasteiger partial charge in [-0.25, -0.2) is 13.4 Å². The van der Waals surface area contributed by atoms with E-state index in [9.17, 15) is 18.0 Å². The molecule has 8 heteroatoms. The van der Waals surface area contributed by atoms with Crippen LogP contribution in [0.3, 0.4) is 0 Å². The van der Waals surface area contributed by atoms with Crippen molar-refractivity contribution in [3.05, 3.63) is 40.4 Å². The van der Waals surface area contributed by atoms with Crippen molar-refractivity contribution in [1.82, 2.24) is 4.98 Å². The van der Waals surface area contributed by atoms with Crippen LogP contribution in [0.5, 0.6) is 0 Å². The van der Waals surface area contributed by atoms with Gasteiger partial charge in [0.25, 0.3) is 0 Å². The van der Waals surface area contributed by atoms with Gasteiger partial charge in [-0.05, 0) is 24.1 Å². The minimum absolute atomic E-state index is 0.0419. The summed E-state index contributed by atoms with van der Waals surface area (Å²) in [4.78, 5) is 28.8. The first-order valence-corrected chi connectivity index (χ1v) is 10.0. The molecule has 1 aromatic heterocycles. The molecule has 0 saturated carbocycles. The predicted molar refractivity (Wildman–Crippen MR) is 91.3 cm³/mol. The van der Waals surface area contributed by atoms with Crippen LogP contribution in [-0.2, 0) is 27.5 Å². The smallest absolute Gasteiger partial charge is 0.230 e. The Morgan fingerprint density at radius 1 is 1.25 bits per heavy atom. The summed E-state index contributed by atoms with van der Waals surface area (Å²) in [6.45, 7) is 1.59. The average molecular weight is 364 g/mol. The highest BCUT2D eigenvalue weighted by Gasteiger charge is 2.25. The Morgan fingerprint density at radius 2 is 1.96 bits per heavy atom. The molecule has 0 radical (unpaired) electrons. The fourth-order valence-electron chi connectivity index (χ4n) is 2.47. The second-order valence-electron chi connectivity index (χ2n) is 5.49. The van der Waals surface area contributed by atoms with Crippen LogP contribution in [0, 0.1) is 0 Å². The van der Waals surface area contributed by atoms with Crippen molar-refractivity contribution < 1.29 is 18.0 Å². The number of carbonyl (C=O) groups is 2. The number of nitrogens with one attached hydrogen (secondary N) is 1. The zero-order valence-electron chi connectivity index (χ0n) is 13.0. The topological polar surface area (TPSA) is 93.2 Å². The lowest BCUT2D eigenvalue weighted by atomic mass is 10.1. The number of hydrogen-bond acceptors (Lipinski definition) is 6. The molecule has 0 saturated heterocycles. The number of Topliss-reactive ketones (excluding diaryl/α,β-unsaturated/α-hetero) is 1. The molecule has 0 atom stereocenters. The molecule has 2 aromatic rings. The third-order valence-corrected chi connectivity index (χ3v) is 6.62. The molecule has 1 aliphatic carbocycles. The zero-order valence-corrected chi connectivity index (χ0v) is 14.7. The van der Waals surface area contributed by atoms with Gasteiger partial charge in [0.15, 0.2) is 20.8 Å². The number of benzene rings is 1. The molecule has 0 bridgehead atoms. The lowest BCUT2D eigenvalue weighted by Crippen LogP contribution is -2.14. The minimum atomic E-state index is -3.24. The molecule has 1 heterocycles. The number of carbonyl (C=O) groups excluding carboxylic acids is 2. The monoisotopic (exact) mass is 364 g/mol. The quantitative estimate of drug-likeness (QED) is 0.878. The average Bonchev–Trinajstić information content (AvgIpc) is 3.09. The fraction of sp³-hybridized carbons (Fsp3) is 0.312. The van der Waals surface area contributed by atoms with Gasteiger partial charge in [-0.3, -0.25) is 9.59 Å². The number of anilines is 1. The van der Waals surface area contributed by atoms with Gasteiger partial charge < -0.3 is 5.32 Å². The normalized spacial score (nSPS) is 13.8. The standard InChI is InChI=1S/C16H16N2O4S2/c1-2-24(21,22)11-5-3-10(4-6-11)9-14(20)18-16-17-12-7-8-13(19)15(12)23-16/h3-6H,2,7-9H2,1H3,(H,17,18,20). The number of nitrogens with zero attached hydrogens (tertiary/aromatic N) is 1. The number of thiazole rings is 1. The Morgan fingerprint density at radius 3 is 2.58 bits per heavy atom. The van der Waals surface area contributed by atoms with E-state index in [-0.39, 0.29) is 28.8 Å². The number of hydrogen-bond donors (Lipinski definition) is 1. The number of rotatable bonds is 5. The van der Waals surface area contributed by atoms with Crippen LogP contribution in [-0.4, -0.2) is 30.8 Å². The van der Waals surface area contributed by atoms with Crippen molar-refractivity contribution in [1.29, 1.82) is 0 Å². The van der Waals surface area contributed by atoms with Gasteiger partial charge in [0.1, 0.15) is 0 Å². The zero-order chi connectivity index (χ0) is 17.3. The molecule has 0 aliphatic heterocycles. The Kier molecular flexibility index (Phi) is 4.51. The van der Waals surface area contributed by atoms with Crippen molar-refractivity contribution in [2.75, 3.05) is 11.1 Å². The van der Waals surface area contributed by atoms with Crippen LogP contribution in [0.4, 0.5) is 5.13 Å². The molecule has 3 rings (SSSR count). The fourth-order valence-corrected chi connectivity index (χ4v) is 4.35. The van der Waals surface area contributed by atoms with E-state index in [0.29, 0.717) is 28.4 Å². The Hall–Kier alpha value is -2.06. The van der Waals surface area contributed by atoms with E-state index in [1.54, 1.807) is 19.1 Å². The first-order chi connectivity index (χ1) is 11.4. The molecule has 0 unspecified atom stereocenters. The third kappa shape index (κ3) is 3.39. The SMILES string of the molecule is CCS(=O)(=O)c1ccc(CC(=O)Nc2nc3c(s2)C(=O)CC3)cc1. The van der Waals surface area contributed by atoms with Crippen molar-refractivity contribution in [2.45, 2.75) is 31.1 Å². The summed E-state index contributed by atoms with van der Waals surface area (Å²) in [7, 11) is -3.24. The van der Waals surface area contributed by atoms with Gasteiger partial charge in [0.2, 0.25) is 5.91 Å². The van der Waals surface area contributed by atoms with Crippen molar-refractivity contribution >= 4 is 38.0 Å². The van der Waals surface area contributed by atoms with Crippen LogP contribution in [0.25, 0.3) is 0 Å².